The fourth-order valence-corrected chi connectivity index (χ4v) is 1.72. The van der Waals surface area contributed by atoms with Gasteiger partial charge in [-0.15, -0.1) is 5.10 Å². The van der Waals surface area contributed by atoms with Crippen molar-refractivity contribution in [2.75, 3.05) is 0 Å². The Kier molecular flexibility index (Phi) is 1.79. The molecule has 0 aliphatic rings. The van der Waals surface area contributed by atoms with Crippen LogP contribution in [0.4, 0.5) is 0 Å². The maximum absolute atomic E-state index is 10.1. The van der Waals surface area contributed by atoms with E-state index in [0.717, 1.165) is 15.8 Å². The van der Waals surface area contributed by atoms with Crippen molar-refractivity contribution in [3.05, 3.63) is 28.7 Å². The Morgan fingerprint density at radius 2 is 2.42 bits per heavy atom. The number of hydrogen-bond acceptors (Lipinski definition) is 5. The topological polar surface area (TPSA) is 55.2 Å². The van der Waals surface area contributed by atoms with Gasteiger partial charge in [0.2, 0.25) is 0 Å². The molecule has 12 heavy (non-hydrogen) atoms. The van der Waals surface area contributed by atoms with E-state index in [9.17, 15) is 4.91 Å². The quantitative estimate of drug-likeness (QED) is 0.662. The van der Waals surface area contributed by atoms with Crippen molar-refractivity contribution in [3.8, 4) is 0 Å². The first-order valence-corrected chi connectivity index (χ1v) is 4.18. The zero-order valence-corrected chi connectivity index (χ0v) is 6.91. The lowest BCUT2D eigenvalue weighted by atomic mass is 10.2. The Bertz CT molecular complexity index is 412. The van der Waals surface area contributed by atoms with Gasteiger partial charge >= 0.3 is 0 Å². The first kappa shape index (κ1) is 7.30. The molecule has 0 N–H and O–H groups in total. The third-order valence-electron chi connectivity index (χ3n) is 1.59. The minimum atomic E-state index is 0.196. The summed E-state index contributed by atoms with van der Waals surface area (Å²) in [6, 6.07) is 5.58. The van der Waals surface area contributed by atoms with Crippen LogP contribution in [0.25, 0.3) is 10.2 Å². The summed E-state index contributed by atoms with van der Waals surface area (Å²) < 4.78 is 4.75. The monoisotopic (exact) mass is 179 g/mol. The Morgan fingerprint density at radius 3 is 3.25 bits per heavy atom. The Balaban J connectivity index is 2.65. The molecule has 0 radical (unpaired) electrons. The molecule has 0 fully saturated rings. The molecular formula is C7H5N3OS. The standard InChI is InChI=1S/C7H5N3OS/c11-8-4-5-2-1-3-6-7(5)12-10-9-6/h1-3H,4H2. The highest BCUT2D eigenvalue weighted by atomic mass is 32.1. The first-order chi connectivity index (χ1) is 5.92. The highest BCUT2D eigenvalue weighted by molar-refractivity contribution is 7.13. The molecule has 0 atom stereocenters. The molecule has 0 amide bonds. The van der Waals surface area contributed by atoms with Gasteiger partial charge in [-0.2, -0.15) is 4.91 Å². The molecule has 0 saturated heterocycles. The van der Waals surface area contributed by atoms with Crippen molar-refractivity contribution in [1.82, 2.24) is 9.59 Å². The third kappa shape index (κ3) is 1.08. The van der Waals surface area contributed by atoms with Crippen LogP contribution in [0.15, 0.2) is 23.4 Å². The largest absolute Gasteiger partial charge is 0.150 e. The predicted octanol–water partition coefficient (Wildman–Crippen LogP) is 1.96. The lowest BCUT2D eigenvalue weighted by Gasteiger charge is -1.92. The van der Waals surface area contributed by atoms with Gasteiger partial charge in [0.05, 0.1) is 4.70 Å². The summed E-state index contributed by atoms with van der Waals surface area (Å²) in [5.74, 6) is 0. The molecule has 0 bridgehead atoms. The predicted molar refractivity (Wildman–Crippen MR) is 46.9 cm³/mol. The summed E-state index contributed by atoms with van der Waals surface area (Å²) in [6.07, 6.45) is 0. The van der Waals surface area contributed by atoms with Crippen LogP contribution in [0.3, 0.4) is 0 Å². The van der Waals surface area contributed by atoms with E-state index in [1.165, 1.54) is 11.5 Å². The second-order valence-electron chi connectivity index (χ2n) is 2.33. The second kappa shape index (κ2) is 2.94. The summed E-state index contributed by atoms with van der Waals surface area (Å²) in [4.78, 5) is 10.1. The van der Waals surface area contributed by atoms with Gasteiger partial charge in [0, 0.05) is 0 Å². The first-order valence-electron chi connectivity index (χ1n) is 3.41. The molecule has 1 aromatic heterocycles. The SMILES string of the molecule is O=NCc1cccc2nnsc12. The number of rotatable bonds is 2. The number of nitroso groups, excluding NO2 is 1. The molecule has 5 heteroatoms. The van der Waals surface area contributed by atoms with Crippen LogP contribution < -0.4 is 0 Å². The number of benzene rings is 1. The summed E-state index contributed by atoms with van der Waals surface area (Å²) in [5, 5.41) is 6.72. The molecule has 0 unspecified atom stereocenters. The molecule has 1 heterocycles. The van der Waals surface area contributed by atoms with Gasteiger partial charge in [0.15, 0.2) is 0 Å². The second-order valence-corrected chi connectivity index (χ2v) is 3.08. The van der Waals surface area contributed by atoms with Gasteiger partial charge in [-0.05, 0) is 23.2 Å². The lowest BCUT2D eigenvalue weighted by molar-refractivity contribution is 1.07. The van der Waals surface area contributed by atoms with E-state index in [0.29, 0.717) is 0 Å². The van der Waals surface area contributed by atoms with Crippen molar-refractivity contribution in [2.24, 2.45) is 5.18 Å². The Morgan fingerprint density at radius 1 is 1.50 bits per heavy atom. The minimum Gasteiger partial charge on any atom is -0.150 e. The molecule has 4 nitrogen and oxygen atoms in total. The summed E-state index contributed by atoms with van der Waals surface area (Å²) in [5.41, 5.74) is 1.73. The molecule has 2 rings (SSSR count). The molecule has 1 aromatic carbocycles. The zero-order valence-electron chi connectivity index (χ0n) is 6.10. The maximum atomic E-state index is 10.1. The Hall–Kier alpha value is -1.36. The van der Waals surface area contributed by atoms with Gasteiger partial charge in [0.1, 0.15) is 12.1 Å². The number of hydrogen-bond donors (Lipinski definition) is 0. The van der Waals surface area contributed by atoms with Crippen LogP contribution in [-0.4, -0.2) is 9.59 Å². The molecular weight excluding hydrogens is 174 g/mol. The van der Waals surface area contributed by atoms with Gasteiger partial charge in [-0.1, -0.05) is 21.8 Å². The van der Waals surface area contributed by atoms with Crippen molar-refractivity contribution in [2.45, 2.75) is 6.54 Å². The average molecular weight is 179 g/mol. The van der Waals surface area contributed by atoms with Crippen molar-refractivity contribution in [3.63, 3.8) is 0 Å². The van der Waals surface area contributed by atoms with Gasteiger partial charge in [-0.25, -0.2) is 0 Å². The number of fused-ring (bicyclic) bond motifs is 1. The molecule has 60 valence electrons. The van der Waals surface area contributed by atoms with Gasteiger partial charge < -0.3 is 0 Å². The average Bonchev–Trinajstić information content (AvgIpc) is 2.53. The minimum absolute atomic E-state index is 0.196. The van der Waals surface area contributed by atoms with Crippen LogP contribution in [0.1, 0.15) is 5.56 Å². The van der Waals surface area contributed by atoms with Gasteiger partial charge in [0.25, 0.3) is 0 Å². The third-order valence-corrected chi connectivity index (χ3v) is 2.41. The van der Waals surface area contributed by atoms with Gasteiger partial charge in [-0.3, -0.25) is 0 Å². The van der Waals surface area contributed by atoms with E-state index in [4.69, 9.17) is 0 Å². The van der Waals surface area contributed by atoms with Crippen molar-refractivity contribution in [1.29, 1.82) is 0 Å². The summed E-state index contributed by atoms with van der Waals surface area (Å²) in [6.45, 7) is 0.196. The molecule has 0 aliphatic carbocycles. The molecule has 0 saturated carbocycles. The van der Waals surface area contributed by atoms with E-state index in [2.05, 4.69) is 14.8 Å². The maximum Gasteiger partial charge on any atom is 0.108 e. The lowest BCUT2D eigenvalue weighted by Crippen LogP contribution is -1.79. The molecule has 0 spiro atoms. The van der Waals surface area contributed by atoms with E-state index in [1.54, 1.807) is 0 Å². The Labute approximate surface area is 72.4 Å². The van der Waals surface area contributed by atoms with Crippen LogP contribution in [0.2, 0.25) is 0 Å². The number of aromatic nitrogens is 2. The fraction of sp³-hybridized carbons (Fsp3) is 0.143. The van der Waals surface area contributed by atoms with Crippen LogP contribution in [-0.2, 0) is 6.54 Å². The highest BCUT2D eigenvalue weighted by Gasteiger charge is 2.03. The van der Waals surface area contributed by atoms with E-state index in [1.807, 2.05) is 18.2 Å². The normalized spacial score (nSPS) is 10.3. The zero-order chi connectivity index (χ0) is 8.39. The van der Waals surface area contributed by atoms with E-state index in [-0.39, 0.29) is 6.54 Å². The molecule has 2 aromatic rings. The summed E-state index contributed by atoms with van der Waals surface area (Å²) in [7, 11) is 0. The van der Waals surface area contributed by atoms with Crippen LogP contribution in [0, 0.1) is 4.91 Å². The van der Waals surface area contributed by atoms with Crippen molar-refractivity contribution < 1.29 is 0 Å². The smallest absolute Gasteiger partial charge is 0.108 e. The van der Waals surface area contributed by atoms with E-state index < -0.39 is 0 Å². The van der Waals surface area contributed by atoms with Crippen LogP contribution >= 0.6 is 11.5 Å². The van der Waals surface area contributed by atoms with Crippen molar-refractivity contribution >= 4 is 21.7 Å². The molecule has 0 aliphatic heterocycles. The fourth-order valence-electron chi connectivity index (χ4n) is 1.05. The van der Waals surface area contributed by atoms with E-state index >= 15 is 0 Å². The highest BCUT2D eigenvalue weighted by Crippen LogP contribution is 2.20. The van der Waals surface area contributed by atoms with Crippen LogP contribution in [0.5, 0.6) is 0 Å². The summed E-state index contributed by atoms with van der Waals surface area (Å²) >= 11 is 1.29. The number of nitrogens with zero attached hydrogens (tertiary/aromatic N) is 3.